The van der Waals surface area contributed by atoms with E-state index in [0.29, 0.717) is 32.6 Å². The van der Waals surface area contributed by atoms with Crippen LogP contribution in [-0.2, 0) is 22.4 Å². The summed E-state index contributed by atoms with van der Waals surface area (Å²) in [4.78, 5) is 40.6. The molecule has 0 saturated carbocycles. The van der Waals surface area contributed by atoms with Crippen LogP contribution in [0.2, 0.25) is 0 Å². The smallest absolute Gasteiger partial charge is 0.329 e. The quantitative estimate of drug-likeness (QED) is 0.537. The molecule has 174 valence electrons. The van der Waals surface area contributed by atoms with E-state index in [2.05, 4.69) is 33.2 Å². The van der Waals surface area contributed by atoms with Crippen molar-refractivity contribution in [3.05, 3.63) is 53.2 Å². The lowest BCUT2D eigenvalue weighted by atomic mass is 10.1. The maximum absolute atomic E-state index is 13.0. The second-order valence-corrected chi connectivity index (χ2v) is 9.02. The molecular formula is C24H29N5O3S. The molecule has 1 N–H and O–H groups in total. The van der Waals surface area contributed by atoms with E-state index in [1.165, 1.54) is 4.88 Å². The summed E-state index contributed by atoms with van der Waals surface area (Å²) in [5.41, 5.74) is 0.968. The van der Waals surface area contributed by atoms with Gasteiger partial charge in [0, 0.05) is 37.5 Å². The molecule has 0 unspecified atom stereocenters. The summed E-state index contributed by atoms with van der Waals surface area (Å²) in [6.45, 7) is 6.59. The van der Waals surface area contributed by atoms with E-state index in [9.17, 15) is 9.59 Å². The van der Waals surface area contributed by atoms with E-state index in [1.54, 1.807) is 29.5 Å². The third-order valence-corrected chi connectivity index (χ3v) is 6.91. The van der Waals surface area contributed by atoms with Gasteiger partial charge in [0.15, 0.2) is 0 Å². The van der Waals surface area contributed by atoms with Gasteiger partial charge in [0.05, 0.1) is 12.0 Å². The average Bonchev–Trinajstić information content (AvgIpc) is 3.28. The Labute approximate surface area is 197 Å². The average molecular weight is 468 g/mol. The first-order chi connectivity index (χ1) is 16.1. The molecule has 2 aromatic heterocycles. The van der Waals surface area contributed by atoms with Gasteiger partial charge in [0.25, 0.3) is 0 Å². The number of carbonyl (C=O) groups is 2. The molecule has 0 aliphatic carbocycles. The van der Waals surface area contributed by atoms with Gasteiger partial charge >= 0.3 is 12.0 Å². The molecule has 4 rings (SSSR count). The number of hydrogen-bond donors (Lipinski definition) is 1. The highest BCUT2D eigenvalue weighted by atomic mass is 32.1. The van der Waals surface area contributed by atoms with Gasteiger partial charge in [0.2, 0.25) is 0 Å². The number of anilines is 1. The maximum Gasteiger partial charge on any atom is 0.329 e. The molecule has 3 aromatic rings. The second-order valence-electron chi connectivity index (χ2n) is 7.90. The molecule has 0 spiro atoms. The zero-order valence-electron chi connectivity index (χ0n) is 19.0. The van der Waals surface area contributed by atoms with Crippen molar-refractivity contribution in [1.29, 1.82) is 0 Å². The van der Waals surface area contributed by atoms with Crippen LogP contribution in [0.1, 0.15) is 24.3 Å². The van der Waals surface area contributed by atoms with Crippen molar-refractivity contribution in [3.63, 3.8) is 0 Å². The SMILES string of the molecule is CCOC(=O)[C@H](Cc1ccccc1)NC(=O)N1CCN(c2ncnc3sc(CC)cc23)CC1. The van der Waals surface area contributed by atoms with Crippen molar-refractivity contribution in [2.24, 2.45) is 0 Å². The van der Waals surface area contributed by atoms with Gasteiger partial charge < -0.3 is 19.9 Å². The molecule has 0 bridgehead atoms. The Bertz CT molecular complexity index is 1100. The number of nitrogens with zero attached hydrogens (tertiary/aromatic N) is 4. The molecule has 33 heavy (non-hydrogen) atoms. The van der Waals surface area contributed by atoms with E-state index < -0.39 is 12.0 Å². The zero-order chi connectivity index (χ0) is 23.2. The molecule has 1 fully saturated rings. The minimum atomic E-state index is -0.724. The standard InChI is InChI=1S/C24H29N5O3S/c1-3-18-15-19-21(25-16-26-22(19)33-18)28-10-12-29(13-11-28)24(31)27-20(23(30)32-4-2)14-17-8-6-5-7-9-17/h5-9,15-16,20H,3-4,10-14H2,1-2H3,(H,27,31)/t20-/m0/s1. The first-order valence-corrected chi connectivity index (χ1v) is 12.1. The number of rotatable bonds is 7. The Balaban J connectivity index is 1.40. The van der Waals surface area contributed by atoms with Crippen LogP contribution < -0.4 is 10.2 Å². The topological polar surface area (TPSA) is 87.7 Å². The number of thiophene rings is 1. The number of amides is 2. The molecule has 8 nitrogen and oxygen atoms in total. The van der Waals surface area contributed by atoms with E-state index in [4.69, 9.17) is 4.74 Å². The summed E-state index contributed by atoms with van der Waals surface area (Å²) in [6.07, 6.45) is 2.97. The molecule has 1 aliphatic rings. The fraction of sp³-hybridized carbons (Fsp3) is 0.417. The normalized spacial score (nSPS) is 14.8. The minimum Gasteiger partial charge on any atom is -0.464 e. The van der Waals surface area contributed by atoms with Gasteiger partial charge in [-0.1, -0.05) is 37.3 Å². The van der Waals surface area contributed by atoms with Crippen molar-refractivity contribution in [2.75, 3.05) is 37.7 Å². The van der Waals surface area contributed by atoms with Crippen molar-refractivity contribution in [3.8, 4) is 0 Å². The predicted molar refractivity (Wildman–Crippen MR) is 130 cm³/mol. The summed E-state index contributed by atoms with van der Waals surface area (Å²) in [5, 5.41) is 3.96. The Morgan fingerprint density at radius 3 is 2.58 bits per heavy atom. The van der Waals surface area contributed by atoms with E-state index in [0.717, 1.165) is 28.0 Å². The molecule has 9 heteroatoms. The Morgan fingerprint density at radius 2 is 1.88 bits per heavy atom. The zero-order valence-corrected chi connectivity index (χ0v) is 19.8. The lowest BCUT2D eigenvalue weighted by Crippen LogP contribution is -2.55. The predicted octanol–water partition coefficient (Wildman–Crippen LogP) is 3.26. The maximum atomic E-state index is 13.0. The van der Waals surface area contributed by atoms with Gasteiger partial charge in [-0.15, -0.1) is 11.3 Å². The fourth-order valence-corrected chi connectivity index (χ4v) is 4.90. The van der Waals surface area contributed by atoms with Crippen molar-refractivity contribution in [1.82, 2.24) is 20.2 Å². The molecule has 0 radical (unpaired) electrons. The lowest BCUT2D eigenvalue weighted by molar-refractivity contribution is -0.145. The molecule has 1 atom stereocenters. The Morgan fingerprint density at radius 1 is 1.12 bits per heavy atom. The van der Waals surface area contributed by atoms with Crippen LogP contribution in [0.3, 0.4) is 0 Å². The van der Waals surface area contributed by atoms with Crippen LogP contribution in [0.4, 0.5) is 10.6 Å². The summed E-state index contributed by atoms with van der Waals surface area (Å²) < 4.78 is 5.20. The number of aromatic nitrogens is 2. The van der Waals surface area contributed by atoms with Gasteiger partial charge in [-0.3, -0.25) is 0 Å². The van der Waals surface area contributed by atoms with Gasteiger partial charge in [-0.25, -0.2) is 19.6 Å². The first kappa shape index (κ1) is 23.0. The van der Waals surface area contributed by atoms with Crippen LogP contribution in [-0.4, -0.2) is 65.7 Å². The Kier molecular flexibility index (Phi) is 7.39. The van der Waals surface area contributed by atoms with E-state index in [-0.39, 0.29) is 12.6 Å². The molecular weight excluding hydrogens is 438 g/mol. The van der Waals surface area contributed by atoms with Crippen molar-refractivity contribution < 1.29 is 14.3 Å². The number of ether oxygens (including phenoxy) is 1. The fourth-order valence-electron chi connectivity index (χ4n) is 3.97. The minimum absolute atomic E-state index is 0.250. The lowest BCUT2D eigenvalue weighted by Gasteiger charge is -2.36. The Hall–Kier alpha value is -3.20. The molecule has 1 aliphatic heterocycles. The highest BCUT2D eigenvalue weighted by Crippen LogP contribution is 2.30. The molecule has 2 amide bonds. The van der Waals surface area contributed by atoms with Crippen LogP contribution >= 0.6 is 11.3 Å². The van der Waals surface area contributed by atoms with Crippen LogP contribution in [0.5, 0.6) is 0 Å². The number of fused-ring (bicyclic) bond motifs is 1. The number of carbonyl (C=O) groups excluding carboxylic acids is 2. The second kappa shape index (κ2) is 10.6. The number of nitrogens with one attached hydrogen (secondary N) is 1. The third kappa shape index (κ3) is 5.42. The van der Waals surface area contributed by atoms with Crippen LogP contribution in [0.15, 0.2) is 42.7 Å². The summed E-state index contributed by atoms with van der Waals surface area (Å²) in [6, 6.07) is 10.8. The summed E-state index contributed by atoms with van der Waals surface area (Å²) in [7, 11) is 0. The van der Waals surface area contributed by atoms with Gasteiger partial charge in [0.1, 0.15) is 23.0 Å². The summed E-state index contributed by atoms with van der Waals surface area (Å²) >= 11 is 1.70. The third-order valence-electron chi connectivity index (χ3n) is 5.73. The van der Waals surface area contributed by atoms with Crippen LogP contribution in [0, 0.1) is 0 Å². The number of benzene rings is 1. The van der Waals surface area contributed by atoms with E-state index >= 15 is 0 Å². The number of esters is 1. The van der Waals surface area contributed by atoms with Gasteiger partial charge in [-0.05, 0) is 25.0 Å². The number of hydrogen-bond acceptors (Lipinski definition) is 7. The van der Waals surface area contributed by atoms with E-state index in [1.807, 2.05) is 30.3 Å². The molecule has 3 heterocycles. The van der Waals surface area contributed by atoms with Gasteiger partial charge in [-0.2, -0.15) is 0 Å². The molecule has 1 saturated heterocycles. The largest absolute Gasteiger partial charge is 0.464 e. The molecule has 1 aromatic carbocycles. The van der Waals surface area contributed by atoms with Crippen LogP contribution in [0.25, 0.3) is 10.2 Å². The number of piperazine rings is 1. The van der Waals surface area contributed by atoms with Crippen molar-refractivity contribution in [2.45, 2.75) is 32.7 Å². The highest BCUT2D eigenvalue weighted by Gasteiger charge is 2.28. The summed E-state index contributed by atoms with van der Waals surface area (Å²) in [5.74, 6) is 0.505. The highest BCUT2D eigenvalue weighted by molar-refractivity contribution is 7.18. The number of aryl methyl sites for hydroxylation is 1. The number of urea groups is 1. The monoisotopic (exact) mass is 467 g/mol. The van der Waals surface area contributed by atoms with Crippen molar-refractivity contribution >= 4 is 39.4 Å². The first-order valence-electron chi connectivity index (χ1n) is 11.3.